The average Bonchev–Trinajstić information content (AvgIpc) is 3.18. The highest BCUT2D eigenvalue weighted by Gasteiger charge is 2.14. The molecule has 1 N–H and O–H groups in total. The molecule has 8 heteroatoms. The Morgan fingerprint density at radius 2 is 1.90 bits per heavy atom. The van der Waals surface area contributed by atoms with Crippen LogP contribution in [0.4, 0.5) is 0 Å². The third kappa shape index (κ3) is 4.59. The number of nitrogens with zero attached hydrogens (tertiary/aromatic N) is 4. The SMILES string of the molecule is Cc1ccc(-n2c(SCC(=O)N/N=C/c3cccn3C)nc3ccccc3c2=O)cc1. The van der Waals surface area contributed by atoms with Crippen molar-refractivity contribution in [2.75, 3.05) is 5.75 Å². The molecule has 0 aliphatic rings. The lowest BCUT2D eigenvalue weighted by Crippen LogP contribution is -2.24. The van der Waals surface area contributed by atoms with Gasteiger partial charge in [-0.15, -0.1) is 0 Å². The van der Waals surface area contributed by atoms with Gasteiger partial charge >= 0.3 is 0 Å². The minimum atomic E-state index is -0.284. The quantitative estimate of drug-likeness (QED) is 0.220. The van der Waals surface area contributed by atoms with Crippen molar-refractivity contribution in [3.05, 3.63) is 88.5 Å². The summed E-state index contributed by atoms with van der Waals surface area (Å²) in [7, 11) is 1.90. The molecule has 4 rings (SSSR count). The van der Waals surface area contributed by atoms with Gasteiger partial charge in [-0.3, -0.25) is 14.2 Å². The van der Waals surface area contributed by atoms with Gasteiger partial charge in [0.2, 0.25) is 0 Å². The summed E-state index contributed by atoms with van der Waals surface area (Å²) >= 11 is 1.19. The molecule has 0 spiro atoms. The van der Waals surface area contributed by atoms with E-state index in [9.17, 15) is 9.59 Å². The maximum absolute atomic E-state index is 13.2. The smallest absolute Gasteiger partial charge is 0.266 e. The topological polar surface area (TPSA) is 81.3 Å². The summed E-state index contributed by atoms with van der Waals surface area (Å²) < 4.78 is 3.44. The van der Waals surface area contributed by atoms with E-state index in [1.54, 1.807) is 22.9 Å². The first-order valence-corrected chi connectivity index (χ1v) is 10.7. The van der Waals surface area contributed by atoms with Crippen LogP contribution in [-0.2, 0) is 11.8 Å². The Bertz CT molecular complexity index is 1320. The van der Waals surface area contributed by atoms with Crippen molar-refractivity contribution >= 4 is 34.8 Å². The van der Waals surface area contributed by atoms with E-state index in [-0.39, 0.29) is 17.2 Å². The van der Waals surface area contributed by atoms with Crippen LogP contribution in [0.15, 0.2) is 81.9 Å². The highest BCUT2D eigenvalue weighted by molar-refractivity contribution is 7.99. The van der Waals surface area contributed by atoms with Gasteiger partial charge in [0.1, 0.15) is 0 Å². The van der Waals surface area contributed by atoms with Crippen LogP contribution < -0.4 is 11.0 Å². The fraction of sp³-hybridized carbons (Fsp3) is 0.130. The largest absolute Gasteiger partial charge is 0.350 e. The minimum absolute atomic E-state index is 0.0706. The van der Waals surface area contributed by atoms with E-state index in [0.717, 1.165) is 11.3 Å². The maximum Gasteiger partial charge on any atom is 0.266 e. The number of hydrogen-bond donors (Lipinski definition) is 1. The van der Waals surface area contributed by atoms with Crippen LogP contribution in [0.1, 0.15) is 11.3 Å². The lowest BCUT2D eigenvalue weighted by molar-refractivity contribution is -0.118. The number of para-hydroxylation sites is 1. The van der Waals surface area contributed by atoms with Crippen LogP contribution in [0.2, 0.25) is 0 Å². The zero-order valence-corrected chi connectivity index (χ0v) is 18.0. The van der Waals surface area contributed by atoms with E-state index >= 15 is 0 Å². The summed E-state index contributed by atoms with van der Waals surface area (Å²) in [6.45, 7) is 1.99. The Labute approximate surface area is 183 Å². The number of hydrogen-bond acceptors (Lipinski definition) is 5. The number of hydrazone groups is 1. The summed E-state index contributed by atoms with van der Waals surface area (Å²) in [5.74, 6) is -0.213. The van der Waals surface area contributed by atoms with E-state index in [0.29, 0.717) is 21.7 Å². The van der Waals surface area contributed by atoms with Crippen molar-refractivity contribution in [1.82, 2.24) is 19.5 Å². The zero-order valence-electron chi connectivity index (χ0n) is 17.1. The molecule has 2 aromatic heterocycles. The first-order valence-electron chi connectivity index (χ1n) is 9.68. The van der Waals surface area contributed by atoms with Gasteiger partial charge in [0, 0.05) is 13.2 Å². The maximum atomic E-state index is 13.2. The van der Waals surface area contributed by atoms with E-state index < -0.39 is 0 Å². The Morgan fingerprint density at radius 3 is 2.65 bits per heavy atom. The van der Waals surface area contributed by atoms with Crippen LogP contribution in [-0.4, -0.2) is 32.0 Å². The molecule has 4 aromatic rings. The number of fused-ring (bicyclic) bond motifs is 1. The Balaban J connectivity index is 1.59. The number of benzene rings is 2. The lowest BCUT2D eigenvalue weighted by atomic mass is 10.2. The van der Waals surface area contributed by atoms with Crippen LogP contribution in [0.3, 0.4) is 0 Å². The molecule has 0 fully saturated rings. The summed E-state index contributed by atoms with van der Waals surface area (Å²) in [5, 5.41) is 4.98. The van der Waals surface area contributed by atoms with Crippen LogP contribution >= 0.6 is 11.8 Å². The van der Waals surface area contributed by atoms with Gasteiger partial charge in [-0.05, 0) is 43.3 Å². The monoisotopic (exact) mass is 431 g/mol. The molecule has 1 amide bonds. The van der Waals surface area contributed by atoms with Crippen molar-refractivity contribution in [2.45, 2.75) is 12.1 Å². The molecule has 2 heterocycles. The second kappa shape index (κ2) is 9.01. The molecule has 156 valence electrons. The lowest BCUT2D eigenvalue weighted by Gasteiger charge is -2.13. The summed E-state index contributed by atoms with van der Waals surface area (Å²) in [4.78, 5) is 30.1. The van der Waals surface area contributed by atoms with Crippen molar-refractivity contribution in [3.63, 3.8) is 0 Å². The minimum Gasteiger partial charge on any atom is -0.350 e. The number of amides is 1. The van der Waals surface area contributed by atoms with Gasteiger partial charge in [0.15, 0.2) is 5.16 Å². The second-order valence-corrected chi connectivity index (χ2v) is 7.96. The van der Waals surface area contributed by atoms with E-state index in [1.807, 2.05) is 73.3 Å². The fourth-order valence-electron chi connectivity index (χ4n) is 3.07. The van der Waals surface area contributed by atoms with E-state index in [4.69, 9.17) is 0 Å². The molecular weight excluding hydrogens is 410 g/mol. The molecule has 0 saturated heterocycles. The van der Waals surface area contributed by atoms with Gasteiger partial charge in [0.25, 0.3) is 11.5 Å². The van der Waals surface area contributed by atoms with Crippen molar-refractivity contribution < 1.29 is 4.79 Å². The number of aryl methyl sites for hydroxylation is 2. The number of carbonyl (C=O) groups excluding carboxylic acids is 1. The van der Waals surface area contributed by atoms with Crippen LogP contribution in [0.5, 0.6) is 0 Å². The van der Waals surface area contributed by atoms with Crippen molar-refractivity contribution in [2.24, 2.45) is 12.1 Å². The summed E-state index contributed by atoms with van der Waals surface area (Å²) in [6.07, 6.45) is 3.48. The summed E-state index contributed by atoms with van der Waals surface area (Å²) in [5.41, 5.74) is 5.62. The first-order chi connectivity index (χ1) is 15.0. The van der Waals surface area contributed by atoms with Gasteiger partial charge in [-0.1, -0.05) is 41.6 Å². The second-order valence-electron chi connectivity index (χ2n) is 7.01. The molecule has 0 radical (unpaired) electrons. The predicted molar refractivity (Wildman–Crippen MR) is 124 cm³/mol. The highest BCUT2D eigenvalue weighted by Crippen LogP contribution is 2.21. The number of nitrogens with one attached hydrogen (secondary N) is 1. The van der Waals surface area contributed by atoms with Crippen LogP contribution in [0.25, 0.3) is 16.6 Å². The number of aromatic nitrogens is 3. The van der Waals surface area contributed by atoms with Gasteiger partial charge < -0.3 is 4.57 Å². The van der Waals surface area contributed by atoms with Gasteiger partial charge in [-0.25, -0.2) is 10.4 Å². The number of thioether (sulfide) groups is 1. The van der Waals surface area contributed by atoms with E-state index in [1.165, 1.54) is 11.8 Å². The third-order valence-corrected chi connectivity index (χ3v) is 5.68. The Hall–Kier alpha value is -3.65. The molecule has 0 atom stereocenters. The first kappa shape index (κ1) is 20.6. The van der Waals surface area contributed by atoms with Crippen molar-refractivity contribution in [3.8, 4) is 5.69 Å². The van der Waals surface area contributed by atoms with E-state index in [2.05, 4.69) is 15.5 Å². The number of carbonyl (C=O) groups is 1. The molecule has 0 aliphatic heterocycles. The normalized spacial score (nSPS) is 11.3. The highest BCUT2D eigenvalue weighted by atomic mass is 32.2. The van der Waals surface area contributed by atoms with Crippen molar-refractivity contribution in [1.29, 1.82) is 0 Å². The summed E-state index contributed by atoms with van der Waals surface area (Å²) in [6, 6.07) is 18.6. The standard InChI is InChI=1S/C23H21N5O2S/c1-16-9-11-17(12-10-16)28-22(30)19-7-3-4-8-20(19)25-23(28)31-15-21(29)26-24-14-18-6-5-13-27(18)2/h3-14H,15H2,1-2H3,(H,26,29)/b24-14+. The molecule has 0 saturated carbocycles. The Kier molecular flexibility index (Phi) is 5.99. The fourth-order valence-corrected chi connectivity index (χ4v) is 3.88. The van der Waals surface area contributed by atoms with Gasteiger partial charge in [0.05, 0.1) is 34.3 Å². The molecule has 0 bridgehead atoms. The third-order valence-electron chi connectivity index (χ3n) is 4.74. The molecule has 2 aromatic carbocycles. The van der Waals surface area contributed by atoms with Gasteiger partial charge in [-0.2, -0.15) is 5.10 Å². The number of rotatable bonds is 6. The average molecular weight is 432 g/mol. The molecule has 31 heavy (non-hydrogen) atoms. The molecule has 0 aliphatic carbocycles. The molecule has 0 unspecified atom stereocenters. The molecule has 7 nitrogen and oxygen atoms in total. The zero-order chi connectivity index (χ0) is 21.8. The Morgan fingerprint density at radius 1 is 1.13 bits per heavy atom. The molecular formula is C23H21N5O2S. The van der Waals surface area contributed by atoms with Crippen LogP contribution in [0, 0.1) is 6.92 Å². The predicted octanol–water partition coefficient (Wildman–Crippen LogP) is 3.28.